The fourth-order valence-corrected chi connectivity index (χ4v) is 1.01. The van der Waals surface area contributed by atoms with Crippen molar-refractivity contribution in [1.82, 2.24) is 0 Å². The molecule has 3 heteroatoms. The Kier molecular flexibility index (Phi) is 3.51. The van der Waals surface area contributed by atoms with E-state index < -0.39 is 0 Å². The Balaban J connectivity index is 2.71. The zero-order valence-corrected chi connectivity index (χ0v) is 8.61. The molecule has 0 aliphatic heterocycles. The highest BCUT2D eigenvalue weighted by molar-refractivity contribution is 5.89. The molecule has 0 saturated carbocycles. The Morgan fingerprint density at radius 2 is 1.79 bits per heavy atom. The maximum atomic E-state index is 11.4. The second-order valence-corrected chi connectivity index (χ2v) is 3.18. The van der Waals surface area contributed by atoms with Gasteiger partial charge in [0, 0.05) is 0 Å². The predicted molar refractivity (Wildman–Crippen MR) is 53.5 cm³/mol. The number of rotatable bonds is 3. The zero-order valence-electron chi connectivity index (χ0n) is 8.61. The van der Waals surface area contributed by atoms with Crippen molar-refractivity contribution < 1.29 is 14.3 Å². The summed E-state index contributed by atoms with van der Waals surface area (Å²) in [5.74, 6) is 0.425. The summed E-state index contributed by atoms with van der Waals surface area (Å²) in [5, 5.41) is 0. The largest absolute Gasteiger partial charge is 0.497 e. The lowest BCUT2D eigenvalue weighted by Crippen LogP contribution is -2.11. The topological polar surface area (TPSA) is 35.5 Å². The van der Waals surface area contributed by atoms with Gasteiger partial charge in [0.1, 0.15) is 5.75 Å². The van der Waals surface area contributed by atoms with E-state index in [-0.39, 0.29) is 12.1 Å². The molecule has 1 aromatic carbocycles. The number of methoxy groups -OCH3 is 1. The molecule has 0 heterocycles. The summed E-state index contributed by atoms with van der Waals surface area (Å²) in [6.45, 7) is 3.64. The number of carbonyl (C=O) groups excluding carboxylic acids is 1. The molecule has 0 spiro atoms. The molecule has 0 aliphatic rings. The molecule has 0 fully saturated rings. The highest BCUT2D eigenvalue weighted by Gasteiger charge is 2.08. The van der Waals surface area contributed by atoms with E-state index in [1.165, 1.54) is 0 Å². The lowest BCUT2D eigenvalue weighted by molar-refractivity contribution is 0.0378. The molecule has 0 aliphatic carbocycles. The monoisotopic (exact) mass is 194 g/mol. The second-order valence-electron chi connectivity index (χ2n) is 3.18. The third-order valence-electron chi connectivity index (χ3n) is 1.67. The molecule has 0 radical (unpaired) electrons. The number of hydrogen-bond donors (Lipinski definition) is 0. The first kappa shape index (κ1) is 10.6. The number of hydrogen-bond acceptors (Lipinski definition) is 3. The van der Waals surface area contributed by atoms with Crippen LogP contribution in [0.4, 0.5) is 0 Å². The van der Waals surface area contributed by atoms with Gasteiger partial charge in [-0.3, -0.25) is 0 Å². The molecule has 0 N–H and O–H groups in total. The van der Waals surface area contributed by atoms with E-state index >= 15 is 0 Å². The standard InChI is InChI=1S/C11H14O3/c1-8(2)14-11(12)9-4-6-10(13-3)7-5-9/h4-8H,1-3H3. The molecular weight excluding hydrogens is 180 g/mol. The molecular formula is C11H14O3. The van der Waals surface area contributed by atoms with Crippen molar-refractivity contribution in [2.24, 2.45) is 0 Å². The van der Waals surface area contributed by atoms with Crippen molar-refractivity contribution >= 4 is 5.97 Å². The minimum atomic E-state index is -0.303. The summed E-state index contributed by atoms with van der Waals surface area (Å²) in [5.41, 5.74) is 0.541. The predicted octanol–water partition coefficient (Wildman–Crippen LogP) is 2.26. The lowest BCUT2D eigenvalue weighted by Gasteiger charge is -2.07. The van der Waals surface area contributed by atoms with Crippen LogP contribution < -0.4 is 4.74 Å². The molecule has 0 aromatic heterocycles. The summed E-state index contributed by atoms with van der Waals surface area (Å²) < 4.78 is 10.0. The average molecular weight is 194 g/mol. The van der Waals surface area contributed by atoms with E-state index in [0.29, 0.717) is 5.56 Å². The Labute approximate surface area is 83.6 Å². The van der Waals surface area contributed by atoms with E-state index in [1.807, 2.05) is 13.8 Å². The third-order valence-corrected chi connectivity index (χ3v) is 1.67. The van der Waals surface area contributed by atoms with Gasteiger partial charge in [-0.2, -0.15) is 0 Å². The van der Waals surface area contributed by atoms with E-state index in [2.05, 4.69) is 0 Å². The van der Waals surface area contributed by atoms with Gasteiger partial charge in [0.2, 0.25) is 0 Å². The molecule has 3 nitrogen and oxygen atoms in total. The molecule has 1 rings (SSSR count). The van der Waals surface area contributed by atoms with Crippen molar-refractivity contribution in [2.45, 2.75) is 20.0 Å². The highest BCUT2D eigenvalue weighted by atomic mass is 16.5. The maximum Gasteiger partial charge on any atom is 0.338 e. The van der Waals surface area contributed by atoms with Crippen molar-refractivity contribution in [1.29, 1.82) is 0 Å². The van der Waals surface area contributed by atoms with Crippen LogP contribution in [0.1, 0.15) is 24.2 Å². The number of carbonyl (C=O) groups is 1. The Hall–Kier alpha value is -1.51. The van der Waals surface area contributed by atoms with Gasteiger partial charge < -0.3 is 9.47 Å². The van der Waals surface area contributed by atoms with Crippen LogP contribution >= 0.6 is 0 Å². The van der Waals surface area contributed by atoms with Crippen LogP contribution in [0.25, 0.3) is 0 Å². The van der Waals surface area contributed by atoms with Crippen molar-refractivity contribution in [3.05, 3.63) is 29.8 Å². The molecule has 0 amide bonds. The van der Waals surface area contributed by atoms with Crippen molar-refractivity contribution in [3.63, 3.8) is 0 Å². The van der Waals surface area contributed by atoms with Gasteiger partial charge in [0.25, 0.3) is 0 Å². The molecule has 0 saturated heterocycles. The van der Waals surface area contributed by atoms with Crippen LogP contribution in [0.2, 0.25) is 0 Å². The van der Waals surface area contributed by atoms with Crippen LogP contribution in [0.3, 0.4) is 0 Å². The van der Waals surface area contributed by atoms with Gasteiger partial charge in [0.15, 0.2) is 0 Å². The molecule has 0 atom stereocenters. The van der Waals surface area contributed by atoms with E-state index in [4.69, 9.17) is 9.47 Å². The number of esters is 1. The van der Waals surface area contributed by atoms with Crippen molar-refractivity contribution in [2.75, 3.05) is 7.11 Å². The first-order chi connectivity index (χ1) is 6.63. The van der Waals surface area contributed by atoms with Crippen LogP contribution in [0.5, 0.6) is 5.75 Å². The average Bonchev–Trinajstić information content (AvgIpc) is 2.17. The third kappa shape index (κ3) is 2.76. The summed E-state index contributed by atoms with van der Waals surface area (Å²) in [6, 6.07) is 6.83. The van der Waals surface area contributed by atoms with Gasteiger partial charge in [-0.05, 0) is 38.1 Å². The van der Waals surface area contributed by atoms with E-state index in [0.717, 1.165) is 5.75 Å². The van der Waals surface area contributed by atoms with Crippen molar-refractivity contribution in [3.8, 4) is 5.75 Å². The minimum absolute atomic E-state index is 0.0930. The molecule has 0 bridgehead atoms. The summed E-state index contributed by atoms with van der Waals surface area (Å²) in [4.78, 5) is 11.4. The van der Waals surface area contributed by atoms with Gasteiger partial charge >= 0.3 is 5.97 Å². The molecule has 76 valence electrons. The Bertz CT molecular complexity index is 301. The second kappa shape index (κ2) is 4.65. The summed E-state index contributed by atoms with van der Waals surface area (Å²) in [6.07, 6.45) is -0.0930. The van der Waals surface area contributed by atoms with Gasteiger partial charge in [-0.15, -0.1) is 0 Å². The van der Waals surface area contributed by atoms with Crippen LogP contribution in [-0.2, 0) is 4.74 Å². The van der Waals surface area contributed by atoms with E-state index in [9.17, 15) is 4.79 Å². The molecule has 14 heavy (non-hydrogen) atoms. The van der Waals surface area contributed by atoms with Gasteiger partial charge in [0.05, 0.1) is 18.8 Å². The number of ether oxygens (including phenoxy) is 2. The van der Waals surface area contributed by atoms with Gasteiger partial charge in [-0.25, -0.2) is 4.79 Å². The minimum Gasteiger partial charge on any atom is -0.497 e. The van der Waals surface area contributed by atoms with Crippen LogP contribution in [0.15, 0.2) is 24.3 Å². The van der Waals surface area contributed by atoms with Crippen LogP contribution in [0, 0.1) is 0 Å². The molecule has 1 aromatic rings. The Morgan fingerprint density at radius 1 is 1.21 bits per heavy atom. The first-order valence-corrected chi connectivity index (χ1v) is 4.48. The van der Waals surface area contributed by atoms with E-state index in [1.54, 1.807) is 31.4 Å². The summed E-state index contributed by atoms with van der Waals surface area (Å²) in [7, 11) is 1.58. The number of benzene rings is 1. The highest BCUT2D eigenvalue weighted by Crippen LogP contribution is 2.12. The maximum absolute atomic E-state index is 11.4. The quantitative estimate of drug-likeness (QED) is 0.692. The zero-order chi connectivity index (χ0) is 10.6. The normalized spacial score (nSPS) is 10.0. The molecule has 0 unspecified atom stereocenters. The Morgan fingerprint density at radius 3 is 2.21 bits per heavy atom. The smallest absolute Gasteiger partial charge is 0.338 e. The van der Waals surface area contributed by atoms with Gasteiger partial charge in [-0.1, -0.05) is 0 Å². The first-order valence-electron chi connectivity index (χ1n) is 4.48. The fraction of sp³-hybridized carbons (Fsp3) is 0.364. The SMILES string of the molecule is COc1ccc(C(=O)OC(C)C)cc1. The summed E-state index contributed by atoms with van der Waals surface area (Å²) >= 11 is 0. The van der Waals surface area contributed by atoms with Crippen LogP contribution in [-0.4, -0.2) is 19.2 Å². The lowest BCUT2D eigenvalue weighted by atomic mass is 10.2. The fourth-order valence-electron chi connectivity index (χ4n) is 1.01.